The van der Waals surface area contributed by atoms with E-state index in [9.17, 15) is 5.11 Å². The highest BCUT2D eigenvalue weighted by Crippen LogP contribution is 2.32. The molecule has 0 saturated heterocycles. The second-order valence-electron chi connectivity index (χ2n) is 7.54. The SMILES string of the molecule is CCc1nn(-c2ccccc2)c(Oc2ccccc2)c1CN(CCOC)CC(O)CC. The molecule has 0 saturated carbocycles. The van der Waals surface area contributed by atoms with Gasteiger partial charge in [-0.05, 0) is 37.1 Å². The zero-order valence-electron chi connectivity index (χ0n) is 18.7. The lowest BCUT2D eigenvalue weighted by atomic mass is 10.1. The molecule has 2 aromatic carbocycles. The monoisotopic (exact) mass is 423 g/mol. The Morgan fingerprint density at radius 2 is 1.71 bits per heavy atom. The molecule has 3 rings (SSSR count). The molecule has 6 nitrogen and oxygen atoms in total. The van der Waals surface area contributed by atoms with E-state index in [0.717, 1.165) is 35.7 Å². The van der Waals surface area contributed by atoms with Gasteiger partial charge in [0.1, 0.15) is 5.75 Å². The predicted octanol–water partition coefficient (Wildman–Crippen LogP) is 4.45. The Labute approximate surface area is 185 Å². The Balaban J connectivity index is 2.02. The first kappa shape index (κ1) is 23.0. The van der Waals surface area contributed by atoms with E-state index in [1.807, 2.05) is 72.3 Å². The molecule has 3 aromatic rings. The van der Waals surface area contributed by atoms with Crippen LogP contribution in [0, 0.1) is 0 Å². The summed E-state index contributed by atoms with van der Waals surface area (Å²) in [7, 11) is 1.70. The smallest absolute Gasteiger partial charge is 0.227 e. The number of ether oxygens (including phenoxy) is 2. The normalized spacial score (nSPS) is 12.3. The molecule has 0 radical (unpaired) electrons. The first-order valence-corrected chi connectivity index (χ1v) is 10.9. The van der Waals surface area contributed by atoms with Crippen molar-refractivity contribution in [2.75, 3.05) is 26.8 Å². The van der Waals surface area contributed by atoms with Crippen LogP contribution in [0.25, 0.3) is 5.69 Å². The van der Waals surface area contributed by atoms with E-state index >= 15 is 0 Å². The molecule has 0 aliphatic rings. The summed E-state index contributed by atoms with van der Waals surface area (Å²) in [6.07, 6.45) is 1.11. The predicted molar refractivity (Wildman–Crippen MR) is 123 cm³/mol. The number of aliphatic hydroxyl groups excluding tert-OH is 1. The van der Waals surface area contributed by atoms with Crippen molar-refractivity contribution in [1.29, 1.82) is 0 Å². The molecule has 0 bridgehead atoms. The maximum absolute atomic E-state index is 10.3. The third-order valence-electron chi connectivity index (χ3n) is 5.25. The number of methoxy groups -OCH3 is 1. The van der Waals surface area contributed by atoms with Gasteiger partial charge in [-0.15, -0.1) is 0 Å². The van der Waals surface area contributed by atoms with Crippen molar-refractivity contribution in [3.8, 4) is 17.3 Å². The number of rotatable bonds is 12. The Kier molecular flexibility index (Phi) is 8.64. The first-order chi connectivity index (χ1) is 15.2. The van der Waals surface area contributed by atoms with E-state index in [1.165, 1.54) is 0 Å². The number of aliphatic hydroxyl groups is 1. The second kappa shape index (κ2) is 11.6. The minimum absolute atomic E-state index is 0.385. The Morgan fingerprint density at radius 1 is 1.03 bits per heavy atom. The highest BCUT2D eigenvalue weighted by atomic mass is 16.5. The Morgan fingerprint density at radius 3 is 2.32 bits per heavy atom. The first-order valence-electron chi connectivity index (χ1n) is 10.9. The van der Waals surface area contributed by atoms with E-state index < -0.39 is 0 Å². The lowest BCUT2D eigenvalue weighted by Crippen LogP contribution is -2.34. The van der Waals surface area contributed by atoms with Crippen LogP contribution in [0.1, 0.15) is 31.5 Å². The summed E-state index contributed by atoms with van der Waals surface area (Å²) >= 11 is 0. The number of para-hydroxylation sites is 2. The van der Waals surface area contributed by atoms with Crippen molar-refractivity contribution in [3.05, 3.63) is 71.9 Å². The van der Waals surface area contributed by atoms with Crippen LogP contribution in [0.4, 0.5) is 0 Å². The number of aromatic nitrogens is 2. The summed E-state index contributed by atoms with van der Waals surface area (Å²) in [4.78, 5) is 2.21. The molecular weight excluding hydrogens is 390 g/mol. The maximum atomic E-state index is 10.3. The van der Waals surface area contributed by atoms with Crippen LogP contribution < -0.4 is 4.74 Å². The quantitative estimate of drug-likeness (QED) is 0.466. The summed E-state index contributed by atoms with van der Waals surface area (Å²) in [6.45, 7) is 6.61. The number of benzene rings is 2. The zero-order chi connectivity index (χ0) is 22.1. The Hall–Kier alpha value is -2.67. The van der Waals surface area contributed by atoms with Gasteiger partial charge in [0.2, 0.25) is 5.88 Å². The summed E-state index contributed by atoms with van der Waals surface area (Å²) in [5, 5.41) is 15.2. The molecule has 6 heteroatoms. The van der Waals surface area contributed by atoms with Gasteiger partial charge in [0.25, 0.3) is 0 Å². The van der Waals surface area contributed by atoms with Crippen molar-refractivity contribution in [2.24, 2.45) is 0 Å². The highest BCUT2D eigenvalue weighted by Gasteiger charge is 2.23. The van der Waals surface area contributed by atoms with Crippen LogP contribution in [-0.2, 0) is 17.7 Å². The van der Waals surface area contributed by atoms with E-state index in [0.29, 0.717) is 32.0 Å². The van der Waals surface area contributed by atoms with Gasteiger partial charge in [-0.2, -0.15) is 5.10 Å². The van der Waals surface area contributed by atoms with Crippen molar-refractivity contribution < 1.29 is 14.6 Å². The number of nitrogens with zero attached hydrogens (tertiary/aromatic N) is 3. The van der Waals surface area contributed by atoms with Crippen LogP contribution in [0.3, 0.4) is 0 Å². The third-order valence-corrected chi connectivity index (χ3v) is 5.25. The standard InChI is InChI=1S/C25H33N3O3/c1-4-21(29)18-27(16-17-30-3)19-23-24(5-2)26-28(20-12-8-6-9-13-20)25(23)31-22-14-10-7-11-15-22/h6-15,21,29H,4-5,16-19H2,1-3H3. The van der Waals surface area contributed by atoms with E-state index in [1.54, 1.807) is 7.11 Å². The molecule has 31 heavy (non-hydrogen) atoms. The molecule has 0 aliphatic carbocycles. The van der Waals surface area contributed by atoms with Gasteiger partial charge in [0.05, 0.1) is 29.7 Å². The van der Waals surface area contributed by atoms with Crippen molar-refractivity contribution in [2.45, 2.75) is 39.3 Å². The van der Waals surface area contributed by atoms with Gasteiger partial charge in [0.15, 0.2) is 0 Å². The zero-order valence-corrected chi connectivity index (χ0v) is 18.7. The molecule has 0 aliphatic heterocycles. The fourth-order valence-electron chi connectivity index (χ4n) is 3.48. The third kappa shape index (κ3) is 6.17. The minimum Gasteiger partial charge on any atom is -0.439 e. The summed E-state index contributed by atoms with van der Waals surface area (Å²) in [6, 6.07) is 19.8. The molecule has 0 spiro atoms. The van der Waals surface area contributed by atoms with Crippen LogP contribution in [0.5, 0.6) is 11.6 Å². The summed E-state index contributed by atoms with van der Waals surface area (Å²) in [5.74, 6) is 1.48. The lowest BCUT2D eigenvalue weighted by molar-refractivity contribution is 0.0825. The Bertz CT molecular complexity index is 913. The van der Waals surface area contributed by atoms with E-state index in [-0.39, 0.29) is 6.10 Å². The topological polar surface area (TPSA) is 59.8 Å². The molecule has 1 N–H and O–H groups in total. The van der Waals surface area contributed by atoms with Gasteiger partial charge in [-0.1, -0.05) is 50.2 Å². The largest absolute Gasteiger partial charge is 0.439 e. The van der Waals surface area contributed by atoms with Crippen molar-refractivity contribution >= 4 is 0 Å². The van der Waals surface area contributed by atoms with Crippen LogP contribution in [0.15, 0.2) is 60.7 Å². The van der Waals surface area contributed by atoms with E-state index in [2.05, 4.69) is 11.8 Å². The lowest BCUT2D eigenvalue weighted by Gasteiger charge is -2.25. The van der Waals surface area contributed by atoms with Crippen molar-refractivity contribution in [3.63, 3.8) is 0 Å². The average Bonchev–Trinajstić information content (AvgIpc) is 3.15. The summed E-state index contributed by atoms with van der Waals surface area (Å²) in [5.41, 5.74) is 2.98. The molecule has 1 unspecified atom stereocenters. The molecule has 166 valence electrons. The number of hydrogen-bond donors (Lipinski definition) is 1. The molecule has 1 heterocycles. The van der Waals surface area contributed by atoms with Crippen LogP contribution in [0.2, 0.25) is 0 Å². The molecular formula is C25H33N3O3. The maximum Gasteiger partial charge on any atom is 0.227 e. The fourth-order valence-corrected chi connectivity index (χ4v) is 3.48. The average molecular weight is 424 g/mol. The van der Waals surface area contributed by atoms with E-state index in [4.69, 9.17) is 14.6 Å². The van der Waals surface area contributed by atoms with Gasteiger partial charge < -0.3 is 14.6 Å². The second-order valence-corrected chi connectivity index (χ2v) is 7.54. The molecule has 0 fully saturated rings. The summed E-state index contributed by atoms with van der Waals surface area (Å²) < 4.78 is 13.6. The molecule has 0 amide bonds. The number of hydrogen-bond acceptors (Lipinski definition) is 5. The van der Waals surface area contributed by atoms with Crippen LogP contribution in [-0.4, -0.2) is 52.7 Å². The van der Waals surface area contributed by atoms with Gasteiger partial charge >= 0.3 is 0 Å². The highest BCUT2D eigenvalue weighted by molar-refractivity contribution is 5.43. The number of aryl methyl sites for hydroxylation is 1. The fraction of sp³-hybridized carbons (Fsp3) is 0.400. The van der Waals surface area contributed by atoms with Gasteiger partial charge in [0, 0.05) is 26.7 Å². The molecule has 1 atom stereocenters. The van der Waals surface area contributed by atoms with Gasteiger partial charge in [-0.25, -0.2) is 4.68 Å². The van der Waals surface area contributed by atoms with Crippen LogP contribution >= 0.6 is 0 Å². The van der Waals surface area contributed by atoms with Gasteiger partial charge in [-0.3, -0.25) is 4.90 Å². The minimum atomic E-state index is -0.385. The van der Waals surface area contributed by atoms with Crippen molar-refractivity contribution in [1.82, 2.24) is 14.7 Å². The molecule has 1 aromatic heterocycles.